The van der Waals surface area contributed by atoms with Crippen molar-refractivity contribution in [3.63, 3.8) is 0 Å². The number of rotatable bonds is 11. The minimum atomic E-state index is -4.77. The second kappa shape index (κ2) is 16.8. The summed E-state index contributed by atoms with van der Waals surface area (Å²) in [6.45, 7) is 11.1. The number of ketones is 1. The molecule has 14 nitrogen and oxygen atoms in total. The first-order valence-corrected chi connectivity index (χ1v) is 20.8. The van der Waals surface area contributed by atoms with Gasteiger partial charge in [0.15, 0.2) is 16.7 Å². The molecule has 0 radical (unpaired) electrons. The average molecular weight is 850 g/mol. The Bertz CT molecular complexity index is 2240. The van der Waals surface area contributed by atoms with E-state index in [0.717, 1.165) is 66.0 Å². The number of fused-ring (bicyclic) bond motifs is 1. The Kier molecular flexibility index (Phi) is 12.1. The van der Waals surface area contributed by atoms with Crippen molar-refractivity contribution in [2.75, 3.05) is 49.1 Å². The quantitative estimate of drug-likeness (QED) is 0.256. The van der Waals surface area contributed by atoms with E-state index in [1.807, 2.05) is 23.1 Å². The number of ether oxygens (including phenoxy) is 1. The summed E-state index contributed by atoms with van der Waals surface area (Å²) in [5.74, 6) is -0.195. The molecule has 3 aliphatic heterocycles. The van der Waals surface area contributed by atoms with Crippen molar-refractivity contribution in [2.45, 2.75) is 102 Å². The number of carbonyl (C=O) groups excluding carboxylic acids is 4. The first-order valence-electron chi connectivity index (χ1n) is 20.4. The van der Waals surface area contributed by atoms with Crippen LogP contribution in [-0.4, -0.2) is 122 Å². The maximum atomic E-state index is 13.8. The highest BCUT2D eigenvalue weighted by Crippen LogP contribution is 2.41. The van der Waals surface area contributed by atoms with Crippen molar-refractivity contribution >= 4 is 63.4 Å². The van der Waals surface area contributed by atoms with E-state index in [1.165, 1.54) is 11.0 Å². The van der Waals surface area contributed by atoms with Crippen LogP contribution < -0.4 is 15.1 Å². The van der Waals surface area contributed by atoms with Crippen molar-refractivity contribution in [3.8, 4) is 6.07 Å². The van der Waals surface area contributed by atoms with Crippen molar-refractivity contribution in [1.82, 2.24) is 29.8 Å². The molecule has 2 aromatic carbocycles. The largest absolute Gasteiger partial charge is 0.417 e. The molecule has 0 unspecified atom stereocenters. The number of carbonyl (C=O) groups is 4. The number of halogens is 3. The average Bonchev–Trinajstić information content (AvgIpc) is 3.61. The number of para-hydroxylation sites is 1. The molecule has 3 aromatic rings. The van der Waals surface area contributed by atoms with Gasteiger partial charge in [0.1, 0.15) is 5.54 Å². The molecule has 1 saturated carbocycles. The number of imide groups is 1. The van der Waals surface area contributed by atoms with E-state index in [4.69, 9.17) is 17.0 Å². The minimum Gasteiger partial charge on any atom is -0.377 e. The summed E-state index contributed by atoms with van der Waals surface area (Å²) in [6, 6.07) is 10.1. The molecule has 4 aliphatic rings. The molecule has 4 heterocycles. The topological polar surface area (TPSA) is 147 Å². The maximum Gasteiger partial charge on any atom is 0.417 e. The van der Waals surface area contributed by atoms with Crippen LogP contribution in [0.2, 0.25) is 0 Å². The van der Waals surface area contributed by atoms with E-state index < -0.39 is 34.8 Å². The van der Waals surface area contributed by atoms with Gasteiger partial charge in [-0.15, -0.1) is 0 Å². The Morgan fingerprint density at radius 2 is 1.77 bits per heavy atom. The van der Waals surface area contributed by atoms with Crippen molar-refractivity contribution in [1.29, 1.82) is 5.26 Å². The molecular weight excluding hydrogens is 800 g/mol. The second-order valence-electron chi connectivity index (χ2n) is 16.9. The lowest BCUT2D eigenvalue weighted by Gasteiger charge is -2.44. The van der Waals surface area contributed by atoms with Crippen LogP contribution in [0.4, 0.5) is 29.5 Å². The van der Waals surface area contributed by atoms with E-state index in [-0.39, 0.29) is 66.1 Å². The van der Waals surface area contributed by atoms with E-state index >= 15 is 0 Å². The van der Waals surface area contributed by atoms with Crippen molar-refractivity contribution in [3.05, 3.63) is 53.1 Å². The van der Waals surface area contributed by atoms with Gasteiger partial charge in [0.25, 0.3) is 5.91 Å². The fourth-order valence-corrected chi connectivity index (χ4v) is 9.98. The van der Waals surface area contributed by atoms with Gasteiger partial charge in [0.05, 0.1) is 47.7 Å². The molecule has 1 aromatic heterocycles. The third kappa shape index (κ3) is 8.37. The smallest absolute Gasteiger partial charge is 0.377 e. The molecule has 3 saturated heterocycles. The highest BCUT2D eigenvalue weighted by Gasteiger charge is 2.52. The standard InChI is InChI=1S/C42H50F3N9O5S/c1-25-22-50(23-26(2)52(25)24-31(55)19-27-7-6-8-33-36(27)49(5)48-37(33)51-16-15-35(56)47-39(51)58)17-18-59-32-13-11-29(12-14-32)54-40(60)53(38(57)41(54,3)4)30-10-9-28(21-46)34(20-30)42(43,44)45/h6-10,20,25-26,29,32H,11-19,22-24H2,1-5H3,(H,47,56,58)/t25-,26+,29?,32?. The number of nitrogens with zero attached hydrogens (tertiary/aromatic N) is 8. The number of urea groups is 1. The van der Waals surface area contributed by atoms with Gasteiger partial charge >= 0.3 is 12.2 Å². The van der Waals surface area contributed by atoms with Crippen LogP contribution in [0.1, 0.15) is 76.5 Å². The van der Waals surface area contributed by atoms with Crippen LogP contribution in [0.5, 0.6) is 0 Å². The van der Waals surface area contributed by atoms with Crippen LogP contribution in [0.3, 0.4) is 0 Å². The predicted molar refractivity (Wildman–Crippen MR) is 221 cm³/mol. The first-order chi connectivity index (χ1) is 28.4. The van der Waals surface area contributed by atoms with Crippen molar-refractivity contribution < 1.29 is 37.1 Å². The number of nitriles is 1. The number of alkyl halides is 3. The monoisotopic (exact) mass is 849 g/mol. The van der Waals surface area contributed by atoms with E-state index in [1.54, 1.807) is 31.6 Å². The maximum absolute atomic E-state index is 13.8. The Morgan fingerprint density at radius 1 is 1.07 bits per heavy atom. The highest BCUT2D eigenvalue weighted by molar-refractivity contribution is 7.80. The second-order valence-corrected chi connectivity index (χ2v) is 17.2. The molecule has 1 aliphatic carbocycles. The summed E-state index contributed by atoms with van der Waals surface area (Å²) in [4.78, 5) is 60.6. The molecular formula is C42H50F3N9O5S. The molecule has 4 fully saturated rings. The van der Waals surface area contributed by atoms with E-state index in [0.29, 0.717) is 31.8 Å². The van der Waals surface area contributed by atoms with E-state index in [9.17, 15) is 37.6 Å². The Labute approximate surface area is 352 Å². The van der Waals surface area contributed by atoms with E-state index in [2.05, 4.69) is 34.1 Å². The Hall–Kier alpha value is -4.96. The first kappa shape index (κ1) is 43.1. The number of nitrogens with one attached hydrogen (secondary N) is 1. The number of aromatic nitrogens is 2. The third-order valence-corrected chi connectivity index (χ3v) is 12.7. The zero-order valence-electron chi connectivity index (χ0n) is 34.4. The Morgan fingerprint density at radius 3 is 2.42 bits per heavy atom. The highest BCUT2D eigenvalue weighted by atomic mass is 32.1. The number of hydrogen-bond donors (Lipinski definition) is 1. The molecule has 320 valence electrons. The zero-order valence-corrected chi connectivity index (χ0v) is 35.2. The fourth-order valence-electron chi connectivity index (χ4n) is 9.41. The molecule has 60 heavy (non-hydrogen) atoms. The fraction of sp³-hybridized carbons (Fsp3) is 0.548. The summed E-state index contributed by atoms with van der Waals surface area (Å²) < 4.78 is 49.3. The summed E-state index contributed by atoms with van der Waals surface area (Å²) in [7, 11) is 1.79. The number of thiocarbonyl (C=S) groups is 1. The van der Waals surface area contributed by atoms with Crippen LogP contribution in [0.15, 0.2) is 36.4 Å². The predicted octanol–water partition coefficient (Wildman–Crippen LogP) is 5.16. The molecule has 18 heteroatoms. The number of amides is 4. The number of Topliss-reactive ketones (excluding diaryl/α,β-unsaturated/α-hetero) is 1. The number of hydrogen-bond acceptors (Lipinski definition) is 10. The van der Waals surface area contributed by atoms with Crippen LogP contribution >= 0.6 is 12.2 Å². The lowest BCUT2D eigenvalue weighted by molar-refractivity contribution is -0.137. The lowest BCUT2D eigenvalue weighted by atomic mass is 9.89. The molecule has 0 spiro atoms. The van der Waals surface area contributed by atoms with Gasteiger partial charge < -0.3 is 9.64 Å². The number of aryl methyl sites for hydroxylation is 1. The zero-order chi connectivity index (χ0) is 43.3. The van der Waals surface area contributed by atoms with Gasteiger partial charge in [0, 0.05) is 69.6 Å². The van der Waals surface area contributed by atoms with Gasteiger partial charge in [-0.25, -0.2) is 4.79 Å². The van der Waals surface area contributed by atoms with Crippen LogP contribution in [0, 0.1) is 11.3 Å². The number of anilines is 2. The number of piperazine rings is 1. The summed E-state index contributed by atoms with van der Waals surface area (Å²) >= 11 is 5.75. The molecule has 1 N–H and O–H groups in total. The van der Waals surface area contributed by atoms with Crippen LogP contribution in [0.25, 0.3) is 10.9 Å². The normalized spacial score (nSPS) is 24.4. The van der Waals surface area contributed by atoms with Gasteiger partial charge in [-0.3, -0.25) is 44.0 Å². The van der Waals surface area contributed by atoms with Crippen molar-refractivity contribution in [2.24, 2.45) is 7.05 Å². The Balaban J connectivity index is 0.884. The molecule has 7 rings (SSSR count). The lowest BCUT2D eigenvalue weighted by Crippen LogP contribution is -2.58. The van der Waals surface area contributed by atoms with Gasteiger partial charge in [-0.05, 0) is 95.4 Å². The minimum absolute atomic E-state index is 0.0132. The third-order valence-electron chi connectivity index (χ3n) is 12.3. The molecule has 4 amide bonds. The van der Waals surface area contributed by atoms with Gasteiger partial charge in [-0.1, -0.05) is 12.1 Å². The summed E-state index contributed by atoms with van der Waals surface area (Å²) in [5, 5.41) is 17.1. The summed E-state index contributed by atoms with van der Waals surface area (Å²) in [6.07, 6.45) is -1.45. The molecule has 0 bridgehead atoms. The van der Waals surface area contributed by atoms with Crippen LogP contribution in [-0.2, 0) is 38.8 Å². The molecule has 2 atom stereocenters. The van der Waals surface area contributed by atoms with Gasteiger partial charge in [-0.2, -0.15) is 23.5 Å². The summed E-state index contributed by atoms with van der Waals surface area (Å²) in [5.41, 5.74) is -1.11. The van der Waals surface area contributed by atoms with Gasteiger partial charge in [0.2, 0.25) is 5.91 Å². The number of benzene rings is 2. The SMILES string of the molecule is C[C@@H]1CN(CCOC2CCC(N3C(=S)N(c4ccc(C#N)c(C(F)(F)F)c4)C(=O)C3(C)C)CC2)C[C@H](C)N1CC(=O)Cc1cccc2c(N3CCC(=O)NC3=O)nn(C)c12.